The maximum Gasteiger partial charge on any atom is 0.223 e. The fourth-order valence-corrected chi connectivity index (χ4v) is 1.25. The van der Waals surface area contributed by atoms with Crippen LogP contribution in [-0.2, 0) is 6.42 Å². The molecule has 0 saturated heterocycles. The van der Waals surface area contributed by atoms with Crippen LogP contribution in [-0.4, -0.2) is 10.1 Å². The van der Waals surface area contributed by atoms with Crippen molar-refractivity contribution < 1.29 is 13.3 Å². The van der Waals surface area contributed by atoms with Crippen LogP contribution in [0, 0.1) is 18.6 Å². The summed E-state index contributed by atoms with van der Waals surface area (Å²) in [5.41, 5.74) is 0.345. The van der Waals surface area contributed by atoms with Gasteiger partial charge in [-0.25, -0.2) is 8.78 Å². The first kappa shape index (κ1) is 9.76. The molecule has 0 atom stereocenters. The number of nitrogens with zero attached hydrogens (tertiary/aromatic N) is 2. The van der Waals surface area contributed by atoms with Gasteiger partial charge >= 0.3 is 0 Å². The Morgan fingerprint density at radius 2 is 2.13 bits per heavy atom. The molecule has 0 N–H and O–H groups in total. The van der Waals surface area contributed by atoms with Gasteiger partial charge in [-0.2, -0.15) is 4.98 Å². The molecule has 1 aromatic carbocycles. The van der Waals surface area contributed by atoms with Crippen LogP contribution >= 0.6 is 0 Å². The molecule has 0 aliphatic rings. The molecule has 1 heterocycles. The fraction of sp³-hybridized carbons (Fsp3) is 0.200. The minimum absolute atomic E-state index is 0.198. The Morgan fingerprint density at radius 1 is 1.33 bits per heavy atom. The molecule has 0 bridgehead atoms. The van der Waals surface area contributed by atoms with Gasteiger partial charge in [0.15, 0.2) is 5.82 Å². The van der Waals surface area contributed by atoms with E-state index in [0.29, 0.717) is 17.3 Å². The van der Waals surface area contributed by atoms with E-state index in [1.54, 1.807) is 6.92 Å². The van der Waals surface area contributed by atoms with Gasteiger partial charge in [0.05, 0.1) is 0 Å². The molecular formula is C10H8F2N2O. The first-order valence-corrected chi connectivity index (χ1v) is 4.38. The van der Waals surface area contributed by atoms with E-state index in [0.717, 1.165) is 6.07 Å². The molecule has 0 aliphatic heterocycles. The Labute approximate surface area is 84.7 Å². The largest absolute Gasteiger partial charge is 0.340 e. The van der Waals surface area contributed by atoms with Crippen LogP contribution in [0.4, 0.5) is 8.78 Å². The van der Waals surface area contributed by atoms with Crippen molar-refractivity contribution in [2.24, 2.45) is 0 Å². The average molecular weight is 210 g/mol. The van der Waals surface area contributed by atoms with E-state index in [4.69, 9.17) is 4.52 Å². The van der Waals surface area contributed by atoms with Gasteiger partial charge in [-0.3, -0.25) is 0 Å². The molecule has 0 radical (unpaired) electrons. The Hall–Kier alpha value is -1.78. The van der Waals surface area contributed by atoms with Gasteiger partial charge in [0.2, 0.25) is 5.89 Å². The summed E-state index contributed by atoms with van der Waals surface area (Å²) in [4.78, 5) is 3.93. The number of rotatable bonds is 2. The maximum atomic E-state index is 13.2. The van der Waals surface area contributed by atoms with Crippen molar-refractivity contribution >= 4 is 0 Å². The molecule has 0 unspecified atom stereocenters. The molecule has 0 spiro atoms. The zero-order valence-electron chi connectivity index (χ0n) is 8.00. The van der Waals surface area contributed by atoms with Gasteiger partial charge in [-0.15, -0.1) is 0 Å². The normalized spacial score (nSPS) is 10.6. The SMILES string of the molecule is Cc1nc(Cc2ccc(F)cc2F)no1. The summed E-state index contributed by atoms with van der Waals surface area (Å²) in [5.74, 6) is -0.386. The molecule has 2 rings (SSSR count). The first-order chi connectivity index (χ1) is 7.15. The second kappa shape index (κ2) is 3.76. The van der Waals surface area contributed by atoms with Gasteiger partial charge < -0.3 is 4.52 Å². The summed E-state index contributed by atoms with van der Waals surface area (Å²) in [6.45, 7) is 1.65. The van der Waals surface area contributed by atoms with Crippen LogP contribution in [0.1, 0.15) is 17.3 Å². The Bertz CT molecular complexity index is 482. The van der Waals surface area contributed by atoms with Crippen LogP contribution in [0.25, 0.3) is 0 Å². The summed E-state index contributed by atoms with van der Waals surface area (Å²) in [5, 5.41) is 3.63. The van der Waals surface area contributed by atoms with E-state index in [1.165, 1.54) is 12.1 Å². The molecule has 0 amide bonds. The first-order valence-electron chi connectivity index (χ1n) is 4.38. The quantitative estimate of drug-likeness (QED) is 0.763. The zero-order chi connectivity index (χ0) is 10.8. The lowest BCUT2D eigenvalue weighted by Gasteiger charge is -1.98. The van der Waals surface area contributed by atoms with E-state index in [1.807, 2.05) is 0 Å². The number of aromatic nitrogens is 2. The molecule has 3 nitrogen and oxygen atoms in total. The van der Waals surface area contributed by atoms with Crippen molar-refractivity contribution in [3.63, 3.8) is 0 Å². The molecule has 0 fully saturated rings. The Morgan fingerprint density at radius 3 is 2.73 bits per heavy atom. The minimum atomic E-state index is -0.600. The van der Waals surface area contributed by atoms with Crippen molar-refractivity contribution in [2.45, 2.75) is 13.3 Å². The highest BCUT2D eigenvalue weighted by Crippen LogP contribution is 2.12. The lowest BCUT2D eigenvalue weighted by Crippen LogP contribution is -1.95. The smallest absolute Gasteiger partial charge is 0.223 e. The van der Waals surface area contributed by atoms with Gasteiger partial charge in [0, 0.05) is 19.4 Å². The van der Waals surface area contributed by atoms with Crippen LogP contribution in [0.2, 0.25) is 0 Å². The van der Waals surface area contributed by atoms with Crippen molar-refractivity contribution in [3.8, 4) is 0 Å². The van der Waals surface area contributed by atoms with Crippen molar-refractivity contribution in [2.75, 3.05) is 0 Å². The second-order valence-corrected chi connectivity index (χ2v) is 3.14. The van der Waals surface area contributed by atoms with E-state index >= 15 is 0 Å². The highest BCUT2D eigenvalue weighted by atomic mass is 19.1. The predicted octanol–water partition coefficient (Wildman–Crippen LogP) is 2.25. The van der Waals surface area contributed by atoms with E-state index in [9.17, 15) is 8.78 Å². The van der Waals surface area contributed by atoms with Crippen LogP contribution in [0.3, 0.4) is 0 Å². The number of hydrogen-bond acceptors (Lipinski definition) is 3. The summed E-state index contributed by atoms with van der Waals surface area (Å²) in [7, 11) is 0. The lowest BCUT2D eigenvalue weighted by atomic mass is 10.1. The van der Waals surface area contributed by atoms with Gasteiger partial charge in [0.1, 0.15) is 11.6 Å². The number of benzene rings is 1. The molecule has 15 heavy (non-hydrogen) atoms. The topological polar surface area (TPSA) is 38.9 Å². The lowest BCUT2D eigenvalue weighted by molar-refractivity contribution is 0.388. The molecule has 2 aromatic rings. The van der Waals surface area contributed by atoms with E-state index in [-0.39, 0.29) is 6.42 Å². The Kier molecular flexibility index (Phi) is 2.45. The number of aryl methyl sites for hydroxylation is 1. The minimum Gasteiger partial charge on any atom is -0.340 e. The van der Waals surface area contributed by atoms with Crippen molar-refractivity contribution in [1.29, 1.82) is 0 Å². The third kappa shape index (κ3) is 2.18. The molecule has 78 valence electrons. The number of hydrogen-bond donors (Lipinski definition) is 0. The van der Waals surface area contributed by atoms with Crippen LogP contribution in [0.5, 0.6) is 0 Å². The zero-order valence-corrected chi connectivity index (χ0v) is 8.00. The summed E-state index contributed by atoms with van der Waals surface area (Å²) >= 11 is 0. The molecule has 5 heteroatoms. The van der Waals surface area contributed by atoms with Gasteiger partial charge in [0.25, 0.3) is 0 Å². The van der Waals surface area contributed by atoms with Crippen molar-refractivity contribution in [1.82, 2.24) is 10.1 Å². The highest BCUT2D eigenvalue weighted by molar-refractivity contribution is 5.21. The maximum absolute atomic E-state index is 13.2. The molecule has 1 aromatic heterocycles. The third-order valence-corrected chi connectivity index (χ3v) is 1.93. The van der Waals surface area contributed by atoms with E-state index < -0.39 is 11.6 Å². The van der Waals surface area contributed by atoms with Crippen molar-refractivity contribution in [3.05, 3.63) is 47.1 Å². The average Bonchev–Trinajstić information content (AvgIpc) is 2.56. The summed E-state index contributed by atoms with van der Waals surface area (Å²) < 4.78 is 30.6. The Balaban J connectivity index is 2.24. The predicted molar refractivity (Wildman–Crippen MR) is 48.2 cm³/mol. The van der Waals surface area contributed by atoms with Crippen LogP contribution < -0.4 is 0 Å². The van der Waals surface area contributed by atoms with Crippen LogP contribution in [0.15, 0.2) is 22.7 Å². The van der Waals surface area contributed by atoms with Gasteiger partial charge in [-0.1, -0.05) is 11.2 Å². The fourth-order valence-electron chi connectivity index (χ4n) is 1.25. The molecule has 0 saturated carbocycles. The highest BCUT2D eigenvalue weighted by Gasteiger charge is 2.08. The summed E-state index contributed by atoms with van der Waals surface area (Å²) in [6, 6.07) is 3.41. The number of halogens is 2. The third-order valence-electron chi connectivity index (χ3n) is 1.93. The van der Waals surface area contributed by atoms with Gasteiger partial charge in [-0.05, 0) is 11.6 Å². The monoisotopic (exact) mass is 210 g/mol. The van der Waals surface area contributed by atoms with E-state index in [2.05, 4.69) is 10.1 Å². The molecular weight excluding hydrogens is 202 g/mol. The second-order valence-electron chi connectivity index (χ2n) is 3.14. The summed E-state index contributed by atoms with van der Waals surface area (Å²) in [6.07, 6.45) is 0.198. The standard InChI is InChI=1S/C10H8F2N2O/c1-6-13-10(14-15-6)4-7-2-3-8(11)5-9(7)12/h2-3,5H,4H2,1H3. The molecule has 0 aliphatic carbocycles.